The number of aliphatic hydroxyl groups is 1. The third-order valence-electron chi connectivity index (χ3n) is 4.35. The Morgan fingerprint density at radius 1 is 1.04 bits per heavy atom. The average Bonchev–Trinajstić information content (AvgIpc) is 2.66. The van der Waals surface area contributed by atoms with Gasteiger partial charge in [0, 0.05) is 18.8 Å². The fourth-order valence-electron chi connectivity index (χ4n) is 2.95. The number of nitrogens with zero attached hydrogens (tertiary/aromatic N) is 2. The molecule has 0 spiro atoms. The van der Waals surface area contributed by atoms with Crippen molar-refractivity contribution < 1.29 is 9.84 Å². The first kappa shape index (κ1) is 18.0. The van der Waals surface area contributed by atoms with E-state index in [0.29, 0.717) is 34.4 Å². The molecule has 1 heterocycles. The molecule has 2 atom stereocenters. The Kier molecular flexibility index (Phi) is 5.82. The molecule has 2 aromatic carbocycles. The minimum Gasteiger partial charge on any atom is -0.387 e. The van der Waals surface area contributed by atoms with E-state index in [1.165, 1.54) is 0 Å². The average molecular weight is 377 g/mol. The van der Waals surface area contributed by atoms with E-state index in [1.807, 2.05) is 24.3 Å². The van der Waals surface area contributed by atoms with E-state index in [2.05, 4.69) is 11.0 Å². The maximum Gasteiger partial charge on any atom is 0.101 e. The van der Waals surface area contributed by atoms with E-state index in [0.717, 1.165) is 18.8 Å². The minimum atomic E-state index is -0.955. The van der Waals surface area contributed by atoms with Crippen LogP contribution in [0.4, 0.5) is 5.69 Å². The molecule has 0 saturated carbocycles. The monoisotopic (exact) mass is 376 g/mol. The van der Waals surface area contributed by atoms with Crippen molar-refractivity contribution in [2.75, 3.05) is 31.2 Å². The molecule has 1 fully saturated rings. The highest BCUT2D eigenvalue weighted by Crippen LogP contribution is 2.35. The van der Waals surface area contributed by atoms with Crippen LogP contribution in [0.25, 0.3) is 0 Å². The Balaban J connectivity index is 1.86. The molecule has 25 heavy (non-hydrogen) atoms. The Labute approximate surface area is 157 Å². The molecule has 6 heteroatoms. The number of rotatable bonds is 4. The van der Waals surface area contributed by atoms with Gasteiger partial charge in [-0.15, -0.1) is 0 Å². The van der Waals surface area contributed by atoms with Crippen LogP contribution in [0.2, 0.25) is 10.0 Å². The zero-order valence-electron chi connectivity index (χ0n) is 13.5. The smallest absolute Gasteiger partial charge is 0.101 e. The molecule has 4 nitrogen and oxygen atoms in total. The van der Waals surface area contributed by atoms with Gasteiger partial charge in [-0.25, -0.2) is 0 Å². The van der Waals surface area contributed by atoms with E-state index >= 15 is 0 Å². The number of benzene rings is 2. The van der Waals surface area contributed by atoms with Crippen LogP contribution in [0, 0.1) is 11.3 Å². The summed E-state index contributed by atoms with van der Waals surface area (Å²) in [6.07, 6.45) is -0.955. The van der Waals surface area contributed by atoms with Crippen LogP contribution >= 0.6 is 23.2 Å². The van der Waals surface area contributed by atoms with Gasteiger partial charge < -0.3 is 14.7 Å². The standard InChI is InChI=1S/C19H18Cl2N2O2/c20-17-5-4-13(11-18(17)21)16(12-22)19(24)14-2-1-3-15(10-14)23-6-8-25-9-7-23/h1-5,10-11,16,19,24H,6-9H2. The lowest BCUT2D eigenvalue weighted by Crippen LogP contribution is -2.36. The number of anilines is 1. The summed E-state index contributed by atoms with van der Waals surface area (Å²) in [5, 5.41) is 21.1. The van der Waals surface area contributed by atoms with Crippen molar-refractivity contribution in [2.45, 2.75) is 12.0 Å². The zero-order chi connectivity index (χ0) is 17.8. The topological polar surface area (TPSA) is 56.5 Å². The maximum absolute atomic E-state index is 10.8. The molecule has 2 unspecified atom stereocenters. The van der Waals surface area contributed by atoms with Crippen molar-refractivity contribution in [3.05, 3.63) is 63.6 Å². The number of halogens is 2. The quantitative estimate of drug-likeness (QED) is 0.869. The second-order valence-electron chi connectivity index (χ2n) is 5.92. The van der Waals surface area contributed by atoms with Gasteiger partial charge >= 0.3 is 0 Å². The van der Waals surface area contributed by atoms with Crippen LogP contribution < -0.4 is 4.90 Å². The molecular weight excluding hydrogens is 359 g/mol. The predicted molar refractivity (Wildman–Crippen MR) is 99.2 cm³/mol. The molecule has 1 aliphatic rings. The van der Waals surface area contributed by atoms with Gasteiger partial charge in [0.05, 0.1) is 35.4 Å². The largest absolute Gasteiger partial charge is 0.387 e. The number of morpholine rings is 1. The summed E-state index contributed by atoms with van der Waals surface area (Å²) in [7, 11) is 0. The SMILES string of the molecule is N#CC(c1ccc(Cl)c(Cl)c1)C(O)c1cccc(N2CCOCC2)c1. The first-order valence-corrected chi connectivity index (χ1v) is 8.81. The van der Waals surface area contributed by atoms with Gasteiger partial charge in [0.2, 0.25) is 0 Å². The number of hydrogen-bond acceptors (Lipinski definition) is 4. The van der Waals surface area contributed by atoms with Crippen LogP contribution in [0.3, 0.4) is 0 Å². The fourth-order valence-corrected chi connectivity index (χ4v) is 3.26. The van der Waals surface area contributed by atoms with E-state index in [-0.39, 0.29) is 0 Å². The van der Waals surface area contributed by atoms with Gasteiger partial charge in [-0.1, -0.05) is 41.4 Å². The fraction of sp³-hybridized carbons (Fsp3) is 0.316. The number of aliphatic hydroxyl groups excluding tert-OH is 1. The highest BCUT2D eigenvalue weighted by atomic mass is 35.5. The van der Waals surface area contributed by atoms with Crippen LogP contribution in [-0.2, 0) is 4.74 Å². The van der Waals surface area contributed by atoms with Crippen molar-refractivity contribution in [1.82, 2.24) is 0 Å². The van der Waals surface area contributed by atoms with Crippen molar-refractivity contribution >= 4 is 28.9 Å². The van der Waals surface area contributed by atoms with E-state index in [9.17, 15) is 10.4 Å². The maximum atomic E-state index is 10.8. The van der Waals surface area contributed by atoms with Crippen LogP contribution in [0.5, 0.6) is 0 Å². The van der Waals surface area contributed by atoms with E-state index in [1.54, 1.807) is 18.2 Å². The van der Waals surface area contributed by atoms with E-state index in [4.69, 9.17) is 27.9 Å². The molecule has 2 aromatic rings. The van der Waals surface area contributed by atoms with Crippen molar-refractivity contribution in [2.24, 2.45) is 0 Å². The minimum absolute atomic E-state index is 0.369. The van der Waals surface area contributed by atoms with Crippen molar-refractivity contribution in [3.63, 3.8) is 0 Å². The number of nitriles is 1. The summed E-state index contributed by atoms with van der Waals surface area (Å²) in [4.78, 5) is 2.21. The zero-order valence-corrected chi connectivity index (χ0v) is 15.0. The molecule has 1 aliphatic heterocycles. The van der Waals surface area contributed by atoms with Gasteiger partial charge in [-0.3, -0.25) is 0 Å². The first-order valence-electron chi connectivity index (χ1n) is 8.05. The van der Waals surface area contributed by atoms with Crippen molar-refractivity contribution in [1.29, 1.82) is 5.26 Å². The number of ether oxygens (including phenoxy) is 1. The Hall–Kier alpha value is -1.77. The van der Waals surface area contributed by atoms with Gasteiger partial charge in [-0.2, -0.15) is 5.26 Å². The van der Waals surface area contributed by atoms with Crippen LogP contribution in [0.15, 0.2) is 42.5 Å². The lowest BCUT2D eigenvalue weighted by Gasteiger charge is -2.29. The second-order valence-corrected chi connectivity index (χ2v) is 6.73. The third kappa shape index (κ3) is 4.08. The van der Waals surface area contributed by atoms with Crippen molar-refractivity contribution in [3.8, 4) is 6.07 Å². The summed E-state index contributed by atoms with van der Waals surface area (Å²) < 4.78 is 5.38. The predicted octanol–water partition coefficient (Wildman–Crippen LogP) is 4.17. The molecular formula is C19H18Cl2N2O2. The van der Waals surface area contributed by atoms with Crippen LogP contribution in [0.1, 0.15) is 23.1 Å². The van der Waals surface area contributed by atoms with E-state index < -0.39 is 12.0 Å². The second kappa shape index (κ2) is 8.07. The molecule has 0 amide bonds. The normalized spacial score (nSPS) is 17.0. The molecule has 0 radical (unpaired) electrons. The molecule has 3 rings (SSSR count). The Morgan fingerprint density at radius 2 is 1.80 bits per heavy atom. The highest BCUT2D eigenvalue weighted by molar-refractivity contribution is 6.42. The van der Waals surface area contributed by atoms with Gasteiger partial charge in [0.15, 0.2) is 0 Å². The molecule has 0 aromatic heterocycles. The van der Waals surface area contributed by atoms with Crippen LogP contribution in [-0.4, -0.2) is 31.4 Å². The Bertz CT molecular complexity index is 785. The summed E-state index contributed by atoms with van der Waals surface area (Å²) in [5.41, 5.74) is 2.36. The van der Waals surface area contributed by atoms with Gasteiger partial charge in [0.25, 0.3) is 0 Å². The molecule has 0 bridgehead atoms. The third-order valence-corrected chi connectivity index (χ3v) is 5.08. The van der Waals surface area contributed by atoms with Gasteiger partial charge in [0.1, 0.15) is 5.92 Å². The Morgan fingerprint density at radius 3 is 2.48 bits per heavy atom. The summed E-state index contributed by atoms with van der Waals surface area (Å²) in [5.74, 6) is -0.727. The highest BCUT2D eigenvalue weighted by Gasteiger charge is 2.24. The summed E-state index contributed by atoms with van der Waals surface area (Å²) >= 11 is 12.0. The van der Waals surface area contributed by atoms with Gasteiger partial charge in [-0.05, 0) is 35.4 Å². The lowest BCUT2D eigenvalue weighted by atomic mass is 9.90. The first-order chi connectivity index (χ1) is 12.1. The molecule has 1 saturated heterocycles. The summed E-state index contributed by atoms with van der Waals surface area (Å²) in [6.45, 7) is 3.01. The number of hydrogen-bond donors (Lipinski definition) is 1. The summed E-state index contributed by atoms with van der Waals surface area (Å²) in [6, 6.07) is 14.8. The lowest BCUT2D eigenvalue weighted by molar-refractivity contribution is 0.122. The molecule has 130 valence electrons. The molecule has 0 aliphatic carbocycles. The molecule has 1 N–H and O–H groups in total.